The normalized spacial score (nSPS) is 13.0. The van der Waals surface area contributed by atoms with Gasteiger partial charge >= 0.3 is 0 Å². The van der Waals surface area contributed by atoms with Crippen molar-refractivity contribution in [2.24, 2.45) is 0 Å². The number of halogens is 2. The van der Waals surface area contributed by atoms with Gasteiger partial charge in [0, 0.05) is 8.95 Å². The molecule has 0 unspecified atom stereocenters. The molecule has 0 saturated carbocycles. The zero-order chi connectivity index (χ0) is 25.1. The first-order valence-electron chi connectivity index (χ1n) is 12.3. The summed E-state index contributed by atoms with van der Waals surface area (Å²) in [6.07, 6.45) is 1.01. The van der Waals surface area contributed by atoms with Crippen LogP contribution in [0.25, 0.3) is 33.4 Å². The van der Waals surface area contributed by atoms with Crippen LogP contribution in [0.3, 0.4) is 0 Å². The molecule has 0 aromatic heterocycles. The molecular formula is C31H32Br2Si2. The first-order chi connectivity index (χ1) is 16.4. The molecule has 4 aromatic rings. The number of hydrogen-bond donors (Lipinski definition) is 0. The summed E-state index contributed by atoms with van der Waals surface area (Å²) in [6, 6.07) is 27.8. The van der Waals surface area contributed by atoms with Crippen LogP contribution in [0.15, 0.2) is 81.7 Å². The van der Waals surface area contributed by atoms with E-state index in [0.717, 1.165) is 15.4 Å². The molecule has 1 aliphatic carbocycles. The lowest BCUT2D eigenvalue weighted by molar-refractivity contribution is 1.27. The fourth-order valence-electron chi connectivity index (χ4n) is 5.27. The van der Waals surface area contributed by atoms with Gasteiger partial charge in [0.15, 0.2) is 0 Å². The summed E-state index contributed by atoms with van der Waals surface area (Å²) < 4.78 is 2.26. The topological polar surface area (TPSA) is 0 Å². The Balaban J connectivity index is 1.72. The molecule has 178 valence electrons. The van der Waals surface area contributed by atoms with Crippen molar-refractivity contribution >= 4 is 58.4 Å². The molecule has 0 spiro atoms. The standard InChI is InChI=1S/C31H32Br2Si2/c1-34(2,3)30-18-26-22(16-28(30)20-7-11-24(32)12-8-20)15-23-17-29(21-9-13-25(33)14-10-21)31(19-27(23)26)35(4,5)6/h7-14,16-19H,15H2,1-6H3. The maximum Gasteiger partial charge on any atom is 0.0784 e. The van der Waals surface area contributed by atoms with Crippen molar-refractivity contribution in [3.63, 3.8) is 0 Å². The van der Waals surface area contributed by atoms with E-state index >= 15 is 0 Å². The van der Waals surface area contributed by atoms with E-state index in [1.165, 1.54) is 44.5 Å². The molecule has 4 heteroatoms. The second-order valence-electron chi connectivity index (χ2n) is 11.8. The third-order valence-corrected chi connectivity index (χ3v) is 12.2. The molecule has 1 aliphatic rings. The SMILES string of the molecule is C[Si](C)(C)c1cc2c(cc1-c1ccc(Br)cc1)Cc1cc(-c3ccc(Br)cc3)c([Si](C)(C)C)cc1-2. The number of rotatable bonds is 4. The Morgan fingerprint density at radius 2 is 0.829 bits per heavy atom. The van der Waals surface area contributed by atoms with Crippen LogP contribution in [-0.2, 0) is 6.42 Å². The van der Waals surface area contributed by atoms with Gasteiger partial charge in [0.25, 0.3) is 0 Å². The quantitative estimate of drug-likeness (QED) is 0.176. The minimum Gasteiger partial charge on any atom is -0.0656 e. The molecule has 0 aliphatic heterocycles. The molecule has 0 bridgehead atoms. The Bertz CT molecular complexity index is 1310. The van der Waals surface area contributed by atoms with Gasteiger partial charge in [-0.05, 0) is 75.2 Å². The van der Waals surface area contributed by atoms with E-state index in [1.54, 1.807) is 10.4 Å². The van der Waals surface area contributed by atoms with Gasteiger partial charge in [-0.2, -0.15) is 0 Å². The maximum absolute atomic E-state index is 3.61. The molecule has 0 atom stereocenters. The predicted octanol–water partition coefficient (Wildman–Crippen LogP) is 9.21. The first kappa shape index (κ1) is 24.9. The third-order valence-electron chi connectivity index (χ3n) is 7.08. The van der Waals surface area contributed by atoms with Gasteiger partial charge in [0.05, 0.1) is 16.1 Å². The van der Waals surface area contributed by atoms with Gasteiger partial charge in [0.1, 0.15) is 0 Å². The van der Waals surface area contributed by atoms with Crippen LogP contribution in [0.1, 0.15) is 11.1 Å². The number of hydrogen-bond acceptors (Lipinski definition) is 0. The van der Waals surface area contributed by atoms with E-state index in [4.69, 9.17) is 0 Å². The van der Waals surface area contributed by atoms with Gasteiger partial charge < -0.3 is 0 Å². The van der Waals surface area contributed by atoms with Crippen molar-refractivity contribution in [1.82, 2.24) is 0 Å². The van der Waals surface area contributed by atoms with Crippen LogP contribution >= 0.6 is 31.9 Å². The second kappa shape index (κ2) is 8.98. The molecule has 0 nitrogen and oxygen atoms in total. The van der Waals surface area contributed by atoms with Gasteiger partial charge in [-0.3, -0.25) is 0 Å². The summed E-state index contributed by atoms with van der Waals surface area (Å²) in [5, 5.41) is 3.11. The van der Waals surface area contributed by atoms with Gasteiger partial charge in [-0.1, -0.05) is 130 Å². The zero-order valence-electron chi connectivity index (χ0n) is 21.4. The summed E-state index contributed by atoms with van der Waals surface area (Å²) in [4.78, 5) is 0. The maximum atomic E-state index is 3.61. The van der Waals surface area contributed by atoms with E-state index in [-0.39, 0.29) is 0 Å². The minimum atomic E-state index is -1.56. The van der Waals surface area contributed by atoms with Crippen LogP contribution in [0.5, 0.6) is 0 Å². The van der Waals surface area contributed by atoms with Crippen molar-refractivity contribution in [2.45, 2.75) is 45.7 Å². The largest absolute Gasteiger partial charge is 0.0784 e. The van der Waals surface area contributed by atoms with Gasteiger partial charge in [0.2, 0.25) is 0 Å². The highest BCUT2D eigenvalue weighted by Gasteiger charge is 2.30. The molecule has 0 heterocycles. The Kier molecular flexibility index (Phi) is 6.40. The van der Waals surface area contributed by atoms with Crippen LogP contribution in [0.2, 0.25) is 39.3 Å². The Hall–Kier alpha value is -1.73. The van der Waals surface area contributed by atoms with Crippen molar-refractivity contribution in [3.05, 3.63) is 92.9 Å². The predicted molar refractivity (Wildman–Crippen MR) is 167 cm³/mol. The molecule has 0 radical (unpaired) electrons. The molecule has 0 amide bonds. The van der Waals surface area contributed by atoms with Crippen molar-refractivity contribution < 1.29 is 0 Å². The molecule has 0 fully saturated rings. The molecule has 4 aromatic carbocycles. The van der Waals surface area contributed by atoms with Crippen LogP contribution in [0, 0.1) is 0 Å². The zero-order valence-corrected chi connectivity index (χ0v) is 26.6. The van der Waals surface area contributed by atoms with E-state index in [1.807, 2.05) is 0 Å². The smallest absolute Gasteiger partial charge is 0.0656 e. The highest BCUT2D eigenvalue weighted by Crippen LogP contribution is 2.41. The van der Waals surface area contributed by atoms with Gasteiger partial charge in [-0.15, -0.1) is 0 Å². The number of fused-ring (bicyclic) bond motifs is 3. The molecule has 0 N–H and O–H groups in total. The van der Waals surface area contributed by atoms with Crippen LogP contribution < -0.4 is 10.4 Å². The monoisotopic (exact) mass is 618 g/mol. The average molecular weight is 621 g/mol. The lowest BCUT2D eigenvalue weighted by atomic mass is 9.97. The molecule has 5 rings (SSSR count). The van der Waals surface area contributed by atoms with E-state index in [2.05, 4.69) is 144 Å². The highest BCUT2D eigenvalue weighted by atomic mass is 79.9. The van der Waals surface area contributed by atoms with E-state index in [9.17, 15) is 0 Å². The third kappa shape index (κ3) is 4.83. The fourth-order valence-corrected chi connectivity index (χ4v) is 9.00. The fraction of sp³-hybridized carbons (Fsp3) is 0.226. The Morgan fingerprint density at radius 1 is 0.486 bits per heavy atom. The molecule has 35 heavy (non-hydrogen) atoms. The van der Waals surface area contributed by atoms with Gasteiger partial charge in [-0.25, -0.2) is 0 Å². The minimum absolute atomic E-state index is 1.01. The van der Waals surface area contributed by atoms with Crippen LogP contribution in [-0.4, -0.2) is 16.1 Å². The first-order valence-corrected chi connectivity index (χ1v) is 20.9. The summed E-state index contributed by atoms with van der Waals surface area (Å²) >= 11 is 7.21. The van der Waals surface area contributed by atoms with E-state index < -0.39 is 16.1 Å². The summed E-state index contributed by atoms with van der Waals surface area (Å²) in [7, 11) is -3.13. The highest BCUT2D eigenvalue weighted by molar-refractivity contribution is 9.10. The lowest BCUT2D eigenvalue weighted by Crippen LogP contribution is -2.39. The van der Waals surface area contributed by atoms with Crippen molar-refractivity contribution in [2.75, 3.05) is 0 Å². The van der Waals surface area contributed by atoms with Crippen molar-refractivity contribution in [1.29, 1.82) is 0 Å². The van der Waals surface area contributed by atoms with Crippen LogP contribution in [0.4, 0.5) is 0 Å². The Labute approximate surface area is 229 Å². The summed E-state index contributed by atoms with van der Waals surface area (Å²) in [6.45, 7) is 14.8. The van der Waals surface area contributed by atoms with E-state index in [0.29, 0.717) is 0 Å². The summed E-state index contributed by atoms with van der Waals surface area (Å²) in [5.74, 6) is 0. The summed E-state index contributed by atoms with van der Waals surface area (Å²) in [5.41, 5.74) is 11.3. The van der Waals surface area contributed by atoms with Crippen molar-refractivity contribution in [3.8, 4) is 33.4 Å². The second-order valence-corrected chi connectivity index (χ2v) is 23.7. The molecule has 0 saturated heterocycles. The average Bonchev–Trinajstić information content (AvgIpc) is 3.14. The number of benzene rings is 4. The Morgan fingerprint density at radius 3 is 1.14 bits per heavy atom. The lowest BCUT2D eigenvalue weighted by Gasteiger charge is -2.24. The molecular weight excluding hydrogens is 588 g/mol.